The van der Waals surface area contributed by atoms with Gasteiger partial charge in [-0.3, -0.25) is 0 Å². The zero-order valence-corrected chi connectivity index (χ0v) is 14.7. The van der Waals surface area contributed by atoms with Gasteiger partial charge in [-0.25, -0.2) is 22.2 Å². The number of hydrogen-bond acceptors (Lipinski definition) is 5. The highest BCUT2D eigenvalue weighted by molar-refractivity contribution is 7.88. The first-order chi connectivity index (χ1) is 12.3. The van der Waals surface area contributed by atoms with Crippen molar-refractivity contribution >= 4 is 26.6 Å². The average molecular weight is 376 g/mol. The van der Waals surface area contributed by atoms with Crippen LogP contribution in [0.4, 0.5) is 10.1 Å². The summed E-state index contributed by atoms with van der Waals surface area (Å²) in [6.07, 6.45) is 2.70. The van der Waals surface area contributed by atoms with E-state index in [1.165, 1.54) is 12.1 Å². The van der Waals surface area contributed by atoms with E-state index in [0.29, 0.717) is 24.0 Å². The highest BCUT2D eigenvalue weighted by atomic mass is 32.2. The Morgan fingerprint density at radius 2 is 1.85 bits per heavy atom. The summed E-state index contributed by atoms with van der Waals surface area (Å²) in [4.78, 5) is 2.06. The smallest absolute Gasteiger partial charge is 0.209 e. The van der Waals surface area contributed by atoms with Crippen molar-refractivity contribution < 1.29 is 17.9 Å². The van der Waals surface area contributed by atoms with Crippen LogP contribution in [0, 0.1) is 5.82 Å². The Balaban J connectivity index is 1.53. The Labute approximate surface area is 149 Å². The molecule has 0 atom stereocenters. The number of aromatic hydroxyl groups is 1. The van der Waals surface area contributed by atoms with Crippen molar-refractivity contribution in [2.75, 3.05) is 24.2 Å². The highest BCUT2D eigenvalue weighted by Gasteiger charge is 2.29. The number of nitrogens with zero attached hydrogens (tertiary/aromatic N) is 3. The second-order valence-corrected chi connectivity index (χ2v) is 8.21. The molecule has 2 aromatic carbocycles. The number of benzene rings is 2. The standard InChI is InChI=1S/C17H17FN4O3S/c1-26(24,25)20-12-9-21(10-12)13-2-4-14(5-3-13)22-16-7-17(23)15(18)6-11(16)8-19-22/h2-8,12,20,23H,9-10H2,1H3. The first-order valence-electron chi connectivity index (χ1n) is 7.99. The minimum absolute atomic E-state index is 0.0717. The molecular weight excluding hydrogens is 359 g/mol. The van der Waals surface area contributed by atoms with E-state index in [-0.39, 0.29) is 6.04 Å². The molecule has 4 rings (SSSR count). The second kappa shape index (κ2) is 5.96. The van der Waals surface area contributed by atoms with Gasteiger partial charge < -0.3 is 10.0 Å². The molecule has 0 unspecified atom stereocenters. The fourth-order valence-electron chi connectivity index (χ4n) is 3.11. The third-order valence-corrected chi connectivity index (χ3v) is 5.12. The van der Waals surface area contributed by atoms with Gasteiger partial charge in [-0.15, -0.1) is 0 Å². The number of phenols is 1. The fraction of sp³-hybridized carbons (Fsp3) is 0.235. The van der Waals surface area contributed by atoms with Crippen LogP contribution in [0.25, 0.3) is 16.6 Å². The van der Waals surface area contributed by atoms with Gasteiger partial charge in [-0.05, 0) is 30.3 Å². The predicted octanol–water partition coefficient (Wildman–Crippen LogP) is 1.61. The number of rotatable bonds is 4. The van der Waals surface area contributed by atoms with Crippen LogP contribution in [0.2, 0.25) is 0 Å². The number of aromatic nitrogens is 2. The van der Waals surface area contributed by atoms with E-state index in [4.69, 9.17) is 0 Å². The van der Waals surface area contributed by atoms with E-state index < -0.39 is 21.6 Å². The van der Waals surface area contributed by atoms with E-state index in [2.05, 4.69) is 14.7 Å². The van der Waals surface area contributed by atoms with Gasteiger partial charge in [0, 0.05) is 30.2 Å². The summed E-state index contributed by atoms with van der Waals surface area (Å²) >= 11 is 0. The number of nitrogens with one attached hydrogen (secondary N) is 1. The van der Waals surface area contributed by atoms with E-state index in [1.807, 2.05) is 24.3 Å². The molecule has 2 N–H and O–H groups in total. The zero-order valence-electron chi connectivity index (χ0n) is 13.9. The SMILES string of the molecule is CS(=O)(=O)NC1CN(c2ccc(-n3ncc4cc(F)c(O)cc43)cc2)C1. The molecule has 2 heterocycles. The molecule has 0 amide bonds. The number of phenolic OH excluding ortho intramolecular Hbond substituents is 1. The van der Waals surface area contributed by atoms with Crippen LogP contribution in [-0.2, 0) is 10.0 Å². The van der Waals surface area contributed by atoms with Crippen molar-refractivity contribution in [2.45, 2.75) is 6.04 Å². The van der Waals surface area contributed by atoms with Crippen LogP contribution in [0.1, 0.15) is 0 Å². The van der Waals surface area contributed by atoms with E-state index in [9.17, 15) is 17.9 Å². The lowest BCUT2D eigenvalue weighted by atomic mass is 10.1. The molecule has 0 saturated carbocycles. The molecule has 1 aliphatic rings. The van der Waals surface area contributed by atoms with Crippen LogP contribution >= 0.6 is 0 Å². The maximum Gasteiger partial charge on any atom is 0.209 e. The maximum atomic E-state index is 13.4. The number of fused-ring (bicyclic) bond motifs is 1. The Morgan fingerprint density at radius 1 is 1.19 bits per heavy atom. The second-order valence-electron chi connectivity index (χ2n) is 6.43. The van der Waals surface area contributed by atoms with Crippen LogP contribution < -0.4 is 9.62 Å². The van der Waals surface area contributed by atoms with Crippen LogP contribution in [-0.4, -0.2) is 48.7 Å². The quantitative estimate of drug-likeness (QED) is 0.722. The predicted molar refractivity (Wildman–Crippen MR) is 96.7 cm³/mol. The normalized spacial score (nSPS) is 15.4. The average Bonchev–Trinajstić information content (AvgIpc) is 2.93. The number of halogens is 1. The van der Waals surface area contributed by atoms with E-state index in [1.54, 1.807) is 10.9 Å². The summed E-state index contributed by atoms with van der Waals surface area (Å²) in [7, 11) is -3.19. The topological polar surface area (TPSA) is 87.5 Å². The molecule has 7 nitrogen and oxygen atoms in total. The molecule has 1 fully saturated rings. The van der Waals surface area contributed by atoms with Gasteiger partial charge in [0.15, 0.2) is 11.6 Å². The van der Waals surface area contributed by atoms with Gasteiger partial charge in [0.2, 0.25) is 10.0 Å². The minimum atomic E-state index is -3.19. The summed E-state index contributed by atoms with van der Waals surface area (Å²) in [6, 6.07) is 10.1. The van der Waals surface area contributed by atoms with Crippen LogP contribution in [0.5, 0.6) is 5.75 Å². The molecule has 9 heteroatoms. The van der Waals surface area contributed by atoms with E-state index >= 15 is 0 Å². The van der Waals surface area contributed by atoms with Gasteiger partial charge in [0.05, 0.1) is 29.7 Å². The Bertz CT molecular complexity index is 1070. The number of sulfonamides is 1. The van der Waals surface area contributed by atoms with Crippen LogP contribution in [0.3, 0.4) is 0 Å². The summed E-state index contributed by atoms with van der Waals surface area (Å²) in [5, 5.41) is 14.5. The zero-order chi connectivity index (χ0) is 18.5. The Hall–Kier alpha value is -2.65. The monoisotopic (exact) mass is 376 g/mol. The summed E-state index contributed by atoms with van der Waals surface area (Å²) in [6.45, 7) is 1.23. The van der Waals surface area contributed by atoms with Crippen molar-refractivity contribution in [2.24, 2.45) is 0 Å². The summed E-state index contributed by atoms with van der Waals surface area (Å²) in [5.74, 6) is -1.09. The Morgan fingerprint density at radius 3 is 2.50 bits per heavy atom. The molecular formula is C17H17FN4O3S. The summed E-state index contributed by atoms with van der Waals surface area (Å²) in [5.41, 5.74) is 2.37. The van der Waals surface area contributed by atoms with E-state index in [0.717, 1.165) is 17.6 Å². The first-order valence-corrected chi connectivity index (χ1v) is 9.88. The molecule has 136 valence electrons. The van der Waals surface area contributed by atoms with Crippen molar-refractivity contribution in [3.63, 3.8) is 0 Å². The number of hydrogen-bond donors (Lipinski definition) is 2. The molecule has 26 heavy (non-hydrogen) atoms. The van der Waals surface area contributed by atoms with Gasteiger partial charge in [-0.2, -0.15) is 5.10 Å². The Kier molecular flexibility index (Phi) is 3.85. The summed E-state index contributed by atoms with van der Waals surface area (Å²) < 4.78 is 40.1. The molecule has 0 bridgehead atoms. The van der Waals surface area contributed by atoms with Crippen molar-refractivity contribution in [1.29, 1.82) is 0 Å². The highest BCUT2D eigenvalue weighted by Crippen LogP contribution is 2.27. The van der Waals surface area contributed by atoms with Gasteiger partial charge in [0.1, 0.15) is 0 Å². The lowest BCUT2D eigenvalue weighted by molar-refractivity contribution is 0.433. The first kappa shape index (κ1) is 16.8. The molecule has 1 aromatic heterocycles. The molecule has 3 aromatic rings. The van der Waals surface area contributed by atoms with Gasteiger partial charge in [-0.1, -0.05) is 0 Å². The van der Waals surface area contributed by atoms with Crippen molar-refractivity contribution in [1.82, 2.24) is 14.5 Å². The van der Waals surface area contributed by atoms with Crippen molar-refractivity contribution in [3.8, 4) is 11.4 Å². The van der Waals surface area contributed by atoms with Gasteiger partial charge >= 0.3 is 0 Å². The maximum absolute atomic E-state index is 13.4. The molecule has 0 radical (unpaired) electrons. The van der Waals surface area contributed by atoms with Gasteiger partial charge in [0.25, 0.3) is 0 Å². The largest absolute Gasteiger partial charge is 0.505 e. The third-order valence-electron chi connectivity index (χ3n) is 4.36. The fourth-order valence-corrected chi connectivity index (χ4v) is 3.87. The minimum Gasteiger partial charge on any atom is -0.505 e. The molecule has 0 spiro atoms. The van der Waals surface area contributed by atoms with Crippen molar-refractivity contribution in [3.05, 3.63) is 48.4 Å². The lowest BCUT2D eigenvalue weighted by Crippen LogP contribution is -2.59. The molecule has 0 aliphatic carbocycles. The van der Waals surface area contributed by atoms with Crippen LogP contribution in [0.15, 0.2) is 42.6 Å². The molecule has 1 aliphatic heterocycles. The lowest BCUT2D eigenvalue weighted by Gasteiger charge is -2.40. The number of anilines is 1. The third kappa shape index (κ3) is 3.11. The molecule has 1 saturated heterocycles.